The highest BCUT2D eigenvalue weighted by molar-refractivity contribution is 5.95. The highest BCUT2D eigenvalue weighted by Gasteiger charge is 2.83. The van der Waals surface area contributed by atoms with E-state index in [4.69, 9.17) is 18.9 Å². The summed E-state index contributed by atoms with van der Waals surface area (Å²) in [5, 5.41) is 42.8. The SMILES string of the molecule is C[C@@H]1CC[C@]23OC(=O)C[C@]12CC(=O)[C@](C)(O)C3(C)C.C[C@@H]1CC[C@]23OC(=O)C[C@]12CC(=O)[C@](C)(O)C3(C)C.C[C@@H]1CC[C@]23OC(=O)C[C@]12CC(=O)[C@](C)(O)C3(C)C.C[C@@H]1CC[C@]23OC(=O)C[C@]12CC(=O)[C@](C)(O)C3(C)C. The fraction of sp³-hybridized carbons (Fsp3) is 0.867. The number of ether oxygens (including phenoxy) is 4. The van der Waals surface area contributed by atoms with Crippen LogP contribution in [0.15, 0.2) is 0 Å². The average molecular weight is 1070 g/mol. The molecule has 0 amide bonds. The van der Waals surface area contributed by atoms with Crippen molar-refractivity contribution in [2.45, 2.75) is 258 Å². The van der Waals surface area contributed by atoms with Crippen molar-refractivity contribution in [3.63, 3.8) is 0 Å². The number of rotatable bonds is 0. The summed E-state index contributed by atoms with van der Waals surface area (Å²) >= 11 is 0. The van der Waals surface area contributed by atoms with E-state index < -0.39 is 88.1 Å². The normalized spacial score (nSPS) is 51.7. The molecule has 0 aromatic heterocycles. The lowest BCUT2D eigenvalue weighted by atomic mass is 9.47. The topological polar surface area (TPSA) is 254 Å². The molecule has 16 heteroatoms. The van der Waals surface area contributed by atoms with Gasteiger partial charge in [0.25, 0.3) is 0 Å². The van der Waals surface area contributed by atoms with Crippen LogP contribution >= 0.6 is 0 Å². The van der Waals surface area contributed by atoms with Crippen LogP contribution in [0.3, 0.4) is 0 Å². The Balaban J connectivity index is 0.000000124. The Morgan fingerprint density at radius 1 is 0.303 bits per heavy atom. The molecule has 0 aromatic rings. The van der Waals surface area contributed by atoms with E-state index >= 15 is 0 Å². The van der Waals surface area contributed by atoms with Gasteiger partial charge < -0.3 is 39.4 Å². The van der Waals surface area contributed by atoms with E-state index in [1.165, 1.54) is 0 Å². The minimum Gasteiger partial charge on any atom is -0.458 e. The van der Waals surface area contributed by atoms with Crippen molar-refractivity contribution in [2.24, 2.45) is 67.0 Å². The minimum atomic E-state index is -1.44. The molecule has 0 unspecified atom stereocenters. The van der Waals surface area contributed by atoms with E-state index in [-0.39, 0.29) is 96.4 Å². The van der Waals surface area contributed by atoms with E-state index in [1.807, 2.05) is 55.4 Å². The van der Waals surface area contributed by atoms with Gasteiger partial charge in [-0.1, -0.05) is 83.1 Å². The zero-order valence-corrected chi connectivity index (χ0v) is 48.3. The Bertz CT molecular complexity index is 2270. The first-order chi connectivity index (χ1) is 34.4. The molecule has 4 aliphatic heterocycles. The third-order valence-corrected chi connectivity index (χ3v) is 26.7. The van der Waals surface area contributed by atoms with E-state index in [2.05, 4.69) is 27.7 Å². The lowest BCUT2D eigenvalue weighted by molar-refractivity contribution is -0.230. The highest BCUT2D eigenvalue weighted by Crippen LogP contribution is 2.75. The predicted octanol–water partition coefficient (Wildman–Crippen LogP) is 7.35. The van der Waals surface area contributed by atoms with Crippen molar-refractivity contribution in [3.8, 4) is 0 Å². The summed E-state index contributed by atoms with van der Waals surface area (Å²) in [6.45, 7) is 29.7. The first kappa shape index (κ1) is 57.1. The number of carbonyl (C=O) groups is 8. The van der Waals surface area contributed by atoms with Crippen molar-refractivity contribution < 1.29 is 77.7 Å². The number of Topliss-reactive ketones (excluding diaryl/α,β-unsaturated/α-hetero) is 4. The molecule has 4 saturated heterocycles. The van der Waals surface area contributed by atoms with Crippen LogP contribution < -0.4 is 0 Å². The van der Waals surface area contributed by atoms with E-state index in [0.717, 1.165) is 51.4 Å². The molecule has 76 heavy (non-hydrogen) atoms. The molecule has 12 fully saturated rings. The first-order valence-electron chi connectivity index (χ1n) is 28.3. The van der Waals surface area contributed by atoms with Crippen LogP contribution in [-0.4, -0.2) is 112 Å². The summed E-state index contributed by atoms with van der Waals surface area (Å²) in [6.07, 6.45) is 9.08. The van der Waals surface area contributed by atoms with Gasteiger partial charge in [0.05, 0.1) is 25.7 Å². The molecule has 8 aliphatic carbocycles. The molecule has 16 atom stereocenters. The molecule has 0 aromatic carbocycles. The smallest absolute Gasteiger partial charge is 0.307 e. The van der Waals surface area contributed by atoms with Crippen molar-refractivity contribution in [3.05, 3.63) is 0 Å². The zero-order chi connectivity index (χ0) is 57.1. The monoisotopic (exact) mass is 1060 g/mol. The zero-order valence-electron chi connectivity index (χ0n) is 48.3. The van der Waals surface area contributed by atoms with Gasteiger partial charge in [0.2, 0.25) is 0 Å². The van der Waals surface area contributed by atoms with Crippen LogP contribution in [-0.2, 0) is 57.3 Å². The number of hydrogen-bond acceptors (Lipinski definition) is 16. The van der Waals surface area contributed by atoms with Gasteiger partial charge in [-0.15, -0.1) is 0 Å². The number of aliphatic hydroxyl groups is 4. The van der Waals surface area contributed by atoms with Crippen molar-refractivity contribution >= 4 is 47.0 Å². The molecule has 16 nitrogen and oxygen atoms in total. The van der Waals surface area contributed by atoms with E-state index in [1.54, 1.807) is 27.7 Å². The first-order valence-corrected chi connectivity index (χ1v) is 28.3. The number of hydrogen-bond donors (Lipinski definition) is 4. The van der Waals surface area contributed by atoms with Crippen LogP contribution in [0, 0.1) is 67.0 Å². The molecule has 0 bridgehead atoms. The summed E-state index contributed by atoms with van der Waals surface area (Å²) in [7, 11) is 0. The van der Waals surface area contributed by atoms with Gasteiger partial charge >= 0.3 is 23.9 Å². The van der Waals surface area contributed by atoms with Gasteiger partial charge in [-0.05, 0) is 103 Å². The van der Waals surface area contributed by atoms with Gasteiger partial charge in [0, 0.05) is 69.0 Å². The molecule has 4 N–H and O–H groups in total. The van der Waals surface area contributed by atoms with Gasteiger partial charge in [0.1, 0.15) is 44.8 Å². The standard InChI is InChI=1S/4C15H22O4/c4*1-9-5-6-15-12(2,3)13(4,18)10(16)7-14(9,15)8-11(17)19-15/h4*9,18H,5-8H2,1-4H3/t4*9-,13+,14-,15-/m1111/s1. The van der Waals surface area contributed by atoms with E-state index in [9.17, 15) is 58.8 Å². The Kier molecular flexibility index (Phi) is 12.1. The maximum atomic E-state index is 12.4. The molecule has 12 aliphatic rings. The quantitative estimate of drug-likeness (QED) is 0.137. The van der Waals surface area contributed by atoms with Crippen LogP contribution in [0.1, 0.15) is 214 Å². The number of esters is 4. The molecular formula is C60H88O16. The molecular weight excluding hydrogens is 977 g/mol. The lowest BCUT2D eigenvalue weighted by Crippen LogP contribution is -2.70. The Morgan fingerprint density at radius 3 is 0.618 bits per heavy atom. The summed E-state index contributed by atoms with van der Waals surface area (Å²) < 4.78 is 23.1. The van der Waals surface area contributed by atoms with Crippen LogP contribution in [0.25, 0.3) is 0 Å². The third kappa shape index (κ3) is 6.07. The molecule has 4 heterocycles. The molecule has 8 saturated carbocycles. The maximum absolute atomic E-state index is 12.4. The van der Waals surface area contributed by atoms with Gasteiger partial charge in [0.15, 0.2) is 23.1 Å². The van der Waals surface area contributed by atoms with Crippen molar-refractivity contribution in [2.75, 3.05) is 0 Å². The summed E-state index contributed by atoms with van der Waals surface area (Å²) in [5.41, 5.74) is -13.2. The maximum Gasteiger partial charge on any atom is 0.307 e. The summed E-state index contributed by atoms with van der Waals surface area (Å²) in [4.78, 5) is 97.6. The Hall–Kier alpha value is -3.60. The molecule has 0 radical (unpaired) electrons. The fourth-order valence-corrected chi connectivity index (χ4v) is 19.8. The lowest BCUT2D eigenvalue weighted by Gasteiger charge is -2.59. The van der Waals surface area contributed by atoms with Crippen LogP contribution in [0.5, 0.6) is 0 Å². The van der Waals surface area contributed by atoms with Gasteiger partial charge in [-0.25, -0.2) is 0 Å². The average Bonchev–Trinajstić information content (AvgIpc) is 4.15. The van der Waals surface area contributed by atoms with Crippen molar-refractivity contribution in [1.29, 1.82) is 0 Å². The second kappa shape index (κ2) is 16.1. The number of ketones is 4. The highest BCUT2D eigenvalue weighted by atomic mass is 16.6. The third-order valence-electron chi connectivity index (χ3n) is 26.7. The van der Waals surface area contributed by atoms with Crippen LogP contribution in [0.2, 0.25) is 0 Å². The second-order valence-corrected chi connectivity index (χ2v) is 29.5. The van der Waals surface area contributed by atoms with Crippen molar-refractivity contribution in [1.82, 2.24) is 0 Å². The largest absolute Gasteiger partial charge is 0.458 e. The molecule has 0 spiro atoms. The summed E-state index contributed by atoms with van der Waals surface area (Å²) in [5.74, 6) is -0.376. The van der Waals surface area contributed by atoms with Crippen LogP contribution in [0.4, 0.5) is 0 Å². The molecule has 424 valence electrons. The molecule has 12 rings (SSSR count). The van der Waals surface area contributed by atoms with Gasteiger partial charge in [-0.2, -0.15) is 0 Å². The predicted molar refractivity (Wildman–Crippen MR) is 273 cm³/mol. The van der Waals surface area contributed by atoms with Gasteiger partial charge in [-0.3, -0.25) is 38.4 Å². The summed E-state index contributed by atoms with van der Waals surface area (Å²) in [6, 6.07) is 0. The second-order valence-electron chi connectivity index (χ2n) is 29.5. The minimum absolute atomic E-state index is 0.153. The Labute approximate surface area is 448 Å². The Morgan fingerprint density at radius 2 is 0.461 bits per heavy atom. The fourth-order valence-electron chi connectivity index (χ4n) is 19.8. The number of carbonyl (C=O) groups excluding carboxylic acids is 8. The van der Waals surface area contributed by atoms with E-state index in [0.29, 0.717) is 25.7 Å².